The van der Waals surface area contributed by atoms with Crippen LogP contribution in [0.15, 0.2) is 41.3 Å². The van der Waals surface area contributed by atoms with Gasteiger partial charge in [-0.3, -0.25) is 4.79 Å². The maximum atomic E-state index is 12.6. The molecule has 0 saturated heterocycles. The second-order valence-corrected chi connectivity index (χ2v) is 6.85. The van der Waals surface area contributed by atoms with Gasteiger partial charge in [0.15, 0.2) is 11.2 Å². The van der Waals surface area contributed by atoms with E-state index in [2.05, 4.69) is 27.9 Å². The minimum absolute atomic E-state index is 0.215. The number of nitrogens with zero attached hydrogens (tertiary/aromatic N) is 5. The summed E-state index contributed by atoms with van der Waals surface area (Å²) in [4.78, 5) is 12.6. The Labute approximate surface area is 165 Å². The first kappa shape index (κ1) is 18.0. The van der Waals surface area contributed by atoms with Crippen LogP contribution in [0.4, 0.5) is 0 Å². The molecule has 0 atom stereocenters. The molecule has 0 unspecified atom stereocenters. The van der Waals surface area contributed by atoms with Crippen LogP contribution in [-0.4, -0.2) is 37.2 Å². The average molecular weight is 402 g/mol. The molecule has 3 heterocycles. The summed E-state index contributed by atoms with van der Waals surface area (Å²) in [6, 6.07) is 9.23. The highest BCUT2D eigenvalue weighted by atomic mass is 35.5. The zero-order valence-corrected chi connectivity index (χ0v) is 16.1. The molecule has 4 rings (SSSR count). The second-order valence-electron chi connectivity index (χ2n) is 5.97. The van der Waals surface area contributed by atoms with Crippen molar-refractivity contribution in [1.82, 2.24) is 24.4 Å². The van der Waals surface area contributed by atoms with Crippen molar-refractivity contribution >= 4 is 40.9 Å². The third-order valence-corrected chi connectivity index (χ3v) is 4.73. The van der Waals surface area contributed by atoms with Crippen molar-refractivity contribution in [3.8, 4) is 11.1 Å². The summed E-state index contributed by atoms with van der Waals surface area (Å²) in [5.74, 6) is 0.557. The molecule has 138 valence electrons. The molecule has 0 spiro atoms. The minimum Gasteiger partial charge on any atom is -0.378 e. The molecule has 0 radical (unpaired) electrons. The Morgan fingerprint density at radius 1 is 1.19 bits per heavy atom. The van der Waals surface area contributed by atoms with Gasteiger partial charge in [-0.25, -0.2) is 4.52 Å². The quantitative estimate of drug-likeness (QED) is 0.520. The van der Waals surface area contributed by atoms with Crippen molar-refractivity contribution in [1.29, 1.82) is 0 Å². The predicted octanol–water partition coefficient (Wildman–Crippen LogP) is 2.84. The molecule has 0 N–H and O–H groups in total. The standard InChI is InChI=1S/C18H16ClN5O2S/c1-26-10-13-15(11-2-4-12(19)5-3-11)17-21-20-16-14(24(17)22-13)6-7-23(8-9-27)18(16)25/h2-7,27H,8-10H2,1H3. The van der Waals surface area contributed by atoms with Gasteiger partial charge in [-0.05, 0) is 23.8 Å². The normalized spacial score (nSPS) is 11.5. The van der Waals surface area contributed by atoms with Crippen molar-refractivity contribution < 1.29 is 4.74 Å². The van der Waals surface area contributed by atoms with Crippen LogP contribution in [0, 0.1) is 0 Å². The summed E-state index contributed by atoms with van der Waals surface area (Å²) in [7, 11) is 1.61. The van der Waals surface area contributed by atoms with E-state index in [0.29, 0.717) is 40.8 Å². The fraction of sp³-hybridized carbons (Fsp3) is 0.222. The average Bonchev–Trinajstić information content (AvgIpc) is 3.03. The number of methoxy groups -OCH3 is 1. The summed E-state index contributed by atoms with van der Waals surface area (Å²) >= 11 is 10.2. The summed E-state index contributed by atoms with van der Waals surface area (Å²) in [5, 5.41) is 13.8. The van der Waals surface area contributed by atoms with E-state index in [1.807, 2.05) is 30.3 Å². The number of thiol groups is 1. The van der Waals surface area contributed by atoms with Crippen molar-refractivity contribution in [2.45, 2.75) is 13.2 Å². The van der Waals surface area contributed by atoms with Crippen LogP contribution >= 0.6 is 24.2 Å². The molecule has 0 saturated carbocycles. The van der Waals surface area contributed by atoms with Crippen molar-refractivity contribution in [3.63, 3.8) is 0 Å². The van der Waals surface area contributed by atoms with Gasteiger partial charge >= 0.3 is 0 Å². The molecule has 0 amide bonds. The molecule has 27 heavy (non-hydrogen) atoms. The minimum atomic E-state index is -0.215. The number of hydrogen-bond donors (Lipinski definition) is 1. The summed E-state index contributed by atoms with van der Waals surface area (Å²) in [5.41, 5.74) is 3.62. The largest absolute Gasteiger partial charge is 0.378 e. The van der Waals surface area contributed by atoms with Crippen LogP contribution in [0.3, 0.4) is 0 Å². The van der Waals surface area contributed by atoms with Gasteiger partial charge in [0.05, 0.1) is 17.9 Å². The smallest absolute Gasteiger partial charge is 0.280 e. The van der Waals surface area contributed by atoms with E-state index in [9.17, 15) is 4.79 Å². The zero-order valence-electron chi connectivity index (χ0n) is 14.5. The number of fused-ring (bicyclic) bond motifs is 3. The Morgan fingerprint density at radius 2 is 1.96 bits per heavy atom. The Kier molecular flexibility index (Phi) is 4.86. The van der Waals surface area contributed by atoms with Gasteiger partial charge in [0.25, 0.3) is 5.56 Å². The molecule has 0 bridgehead atoms. The molecule has 1 aromatic carbocycles. The molecule has 0 aliphatic carbocycles. The van der Waals surface area contributed by atoms with E-state index in [1.54, 1.807) is 22.4 Å². The lowest BCUT2D eigenvalue weighted by atomic mass is 10.1. The fourth-order valence-electron chi connectivity index (χ4n) is 3.06. The molecular weight excluding hydrogens is 386 g/mol. The highest BCUT2D eigenvalue weighted by molar-refractivity contribution is 7.80. The molecule has 3 aromatic heterocycles. The molecule has 0 aliphatic heterocycles. The summed E-state index contributed by atoms with van der Waals surface area (Å²) in [6.07, 6.45) is 1.72. The SMILES string of the molecule is COCc1nn2c(nnc3c(=O)n(CCS)ccc32)c1-c1ccc(Cl)cc1. The van der Waals surface area contributed by atoms with Gasteiger partial charge < -0.3 is 9.30 Å². The number of hydrogen-bond acceptors (Lipinski definition) is 6. The third kappa shape index (κ3) is 3.09. The molecule has 0 fully saturated rings. The van der Waals surface area contributed by atoms with Crippen LogP contribution in [0.1, 0.15) is 5.69 Å². The molecule has 4 aromatic rings. The Balaban J connectivity index is 2.02. The number of aryl methyl sites for hydroxylation is 1. The van der Waals surface area contributed by atoms with E-state index >= 15 is 0 Å². The molecule has 9 heteroatoms. The van der Waals surface area contributed by atoms with E-state index in [-0.39, 0.29) is 11.1 Å². The number of benzene rings is 1. The second kappa shape index (κ2) is 7.30. The highest BCUT2D eigenvalue weighted by Gasteiger charge is 2.19. The van der Waals surface area contributed by atoms with Gasteiger partial charge in [-0.15, -0.1) is 10.2 Å². The number of rotatable bonds is 5. The molecule has 7 nitrogen and oxygen atoms in total. The number of ether oxygens (including phenoxy) is 1. The summed E-state index contributed by atoms with van der Waals surface area (Å²) < 4.78 is 8.52. The number of halogens is 1. The highest BCUT2D eigenvalue weighted by Crippen LogP contribution is 2.30. The van der Waals surface area contributed by atoms with Gasteiger partial charge in [-0.1, -0.05) is 23.7 Å². The van der Waals surface area contributed by atoms with Crippen LogP contribution in [0.5, 0.6) is 0 Å². The maximum Gasteiger partial charge on any atom is 0.280 e. The Morgan fingerprint density at radius 3 is 2.67 bits per heavy atom. The topological polar surface area (TPSA) is 74.3 Å². The van der Waals surface area contributed by atoms with Crippen molar-refractivity contribution in [2.24, 2.45) is 0 Å². The first-order valence-electron chi connectivity index (χ1n) is 8.27. The van der Waals surface area contributed by atoms with Crippen LogP contribution in [-0.2, 0) is 17.9 Å². The molecule has 0 aliphatic rings. The van der Waals surface area contributed by atoms with E-state index in [0.717, 1.165) is 11.1 Å². The Bertz CT molecular complexity index is 1190. The van der Waals surface area contributed by atoms with Gasteiger partial charge in [0.2, 0.25) is 0 Å². The summed E-state index contributed by atoms with van der Waals surface area (Å²) in [6.45, 7) is 0.807. The molecular formula is C18H16ClN5O2S. The predicted molar refractivity (Wildman–Crippen MR) is 108 cm³/mol. The van der Waals surface area contributed by atoms with Gasteiger partial charge in [0, 0.05) is 30.6 Å². The number of aromatic nitrogens is 5. The maximum absolute atomic E-state index is 12.6. The van der Waals surface area contributed by atoms with E-state index < -0.39 is 0 Å². The zero-order chi connectivity index (χ0) is 19.0. The first-order chi connectivity index (χ1) is 13.1. The van der Waals surface area contributed by atoms with Crippen LogP contribution in [0.25, 0.3) is 27.8 Å². The lowest BCUT2D eigenvalue weighted by Crippen LogP contribution is -2.22. The number of pyridine rings is 1. The van der Waals surface area contributed by atoms with Crippen LogP contribution in [0.2, 0.25) is 5.02 Å². The van der Waals surface area contributed by atoms with Crippen LogP contribution < -0.4 is 5.56 Å². The van der Waals surface area contributed by atoms with Crippen molar-refractivity contribution in [2.75, 3.05) is 12.9 Å². The van der Waals surface area contributed by atoms with E-state index in [1.165, 1.54) is 0 Å². The van der Waals surface area contributed by atoms with Gasteiger partial charge in [0.1, 0.15) is 5.52 Å². The monoisotopic (exact) mass is 401 g/mol. The lowest BCUT2D eigenvalue weighted by molar-refractivity contribution is 0.181. The lowest BCUT2D eigenvalue weighted by Gasteiger charge is -2.05. The fourth-order valence-corrected chi connectivity index (χ4v) is 3.40. The Hall–Kier alpha value is -2.42. The first-order valence-corrected chi connectivity index (χ1v) is 9.28. The van der Waals surface area contributed by atoms with Gasteiger partial charge in [-0.2, -0.15) is 17.7 Å². The third-order valence-electron chi connectivity index (χ3n) is 4.28. The van der Waals surface area contributed by atoms with Crippen molar-refractivity contribution in [3.05, 3.63) is 57.6 Å². The van der Waals surface area contributed by atoms with E-state index in [4.69, 9.17) is 16.3 Å².